The number of rotatable bonds is 4. The van der Waals surface area contributed by atoms with Gasteiger partial charge in [-0.05, 0) is 26.7 Å². The topological polar surface area (TPSA) is 34.1 Å². The molecule has 3 rings (SSSR count). The molecule has 0 heterocycles. The Labute approximate surface area is 171 Å². The van der Waals surface area contributed by atoms with Crippen LogP contribution in [0, 0.1) is 25.7 Å². The number of hydrogen-bond donors (Lipinski definition) is 0. The van der Waals surface area contributed by atoms with Crippen molar-refractivity contribution in [2.24, 2.45) is 11.8 Å². The van der Waals surface area contributed by atoms with Gasteiger partial charge in [-0.15, -0.1) is 0 Å². The molecule has 0 aromatic heterocycles. The maximum Gasteiger partial charge on any atom is 0.166 e. The first-order chi connectivity index (χ1) is 12.4. The summed E-state index contributed by atoms with van der Waals surface area (Å²) in [6, 6.07) is 15.3. The number of halogens is 2. The van der Waals surface area contributed by atoms with Crippen molar-refractivity contribution in [1.82, 2.24) is 0 Å². The van der Waals surface area contributed by atoms with Crippen molar-refractivity contribution in [3.8, 4) is 0 Å². The first kappa shape index (κ1) is 19.5. The fourth-order valence-electron chi connectivity index (χ4n) is 3.55. The van der Waals surface area contributed by atoms with Gasteiger partial charge in [0.2, 0.25) is 0 Å². The Morgan fingerprint density at radius 2 is 1.00 bits per heavy atom. The minimum Gasteiger partial charge on any atom is -0.294 e. The summed E-state index contributed by atoms with van der Waals surface area (Å²) in [7, 11) is 0. The summed E-state index contributed by atoms with van der Waals surface area (Å²) >= 11 is 7.36. The molecule has 0 saturated heterocycles. The van der Waals surface area contributed by atoms with Gasteiger partial charge >= 0.3 is 0 Å². The molecule has 0 radical (unpaired) electrons. The number of benzene rings is 2. The maximum atomic E-state index is 13.2. The predicted octanol–water partition coefficient (Wildman–Crippen LogP) is 5.92. The van der Waals surface area contributed by atoms with Crippen molar-refractivity contribution in [3.63, 3.8) is 0 Å². The van der Waals surface area contributed by atoms with Gasteiger partial charge in [-0.25, -0.2) is 0 Å². The van der Waals surface area contributed by atoms with Crippen LogP contribution in [0.3, 0.4) is 0 Å². The van der Waals surface area contributed by atoms with E-state index in [0.717, 1.165) is 11.1 Å². The normalized spacial score (nSPS) is 25.7. The number of Topliss-reactive ketones (excluding diaryl/α,β-unsaturated/α-hetero) is 2. The number of carbonyl (C=O) groups excluding carboxylic acids is 2. The van der Waals surface area contributed by atoms with Gasteiger partial charge in [-0.3, -0.25) is 9.59 Å². The Bertz CT molecular complexity index is 726. The van der Waals surface area contributed by atoms with E-state index in [1.165, 1.54) is 0 Å². The number of ketones is 2. The summed E-state index contributed by atoms with van der Waals surface area (Å²) in [5, 5.41) is 0. The van der Waals surface area contributed by atoms with Gasteiger partial charge in [0.05, 0.1) is 0 Å². The molecule has 4 heteroatoms. The van der Waals surface area contributed by atoms with Gasteiger partial charge in [-0.1, -0.05) is 91.5 Å². The molecule has 136 valence electrons. The van der Waals surface area contributed by atoms with Gasteiger partial charge < -0.3 is 0 Å². The molecule has 1 aliphatic rings. The van der Waals surface area contributed by atoms with E-state index in [9.17, 15) is 9.59 Å². The zero-order valence-corrected chi connectivity index (χ0v) is 18.1. The second kappa shape index (κ2) is 8.18. The summed E-state index contributed by atoms with van der Waals surface area (Å²) in [5.41, 5.74) is 3.62. The van der Waals surface area contributed by atoms with Crippen LogP contribution in [0.1, 0.15) is 44.7 Å². The van der Waals surface area contributed by atoms with Crippen LogP contribution >= 0.6 is 31.9 Å². The molecule has 1 aliphatic carbocycles. The van der Waals surface area contributed by atoms with Crippen LogP contribution in [-0.4, -0.2) is 21.2 Å². The van der Waals surface area contributed by atoms with Crippen LogP contribution in [0.4, 0.5) is 0 Å². The molecule has 0 unspecified atom stereocenters. The quantitative estimate of drug-likeness (QED) is 0.404. The minimum atomic E-state index is -0.301. The van der Waals surface area contributed by atoms with Crippen molar-refractivity contribution in [2.45, 2.75) is 36.3 Å². The van der Waals surface area contributed by atoms with E-state index in [1.54, 1.807) is 0 Å². The van der Waals surface area contributed by atoms with Crippen LogP contribution in [0.5, 0.6) is 0 Å². The van der Waals surface area contributed by atoms with E-state index in [4.69, 9.17) is 0 Å². The minimum absolute atomic E-state index is 0.0688. The monoisotopic (exact) mass is 476 g/mol. The number of aryl methyl sites for hydroxylation is 2. The van der Waals surface area contributed by atoms with Gasteiger partial charge in [0.15, 0.2) is 11.6 Å². The zero-order chi connectivity index (χ0) is 18.8. The van der Waals surface area contributed by atoms with Gasteiger partial charge in [0, 0.05) is 32.6 Å². The Hall–Kier alpha value is -1.26. The Morgan fingerprint density at radius 3 is 1.31 bits per heavy atom. The van der Waals surface area contributed by atoms with Gasteiger partial charge in [0.1, 0.15) is 0 Å². The second-order valence-corrected chi connectivity index (χ2v) is 9.53. The Kier molecular flexibility index (Phi) is 6.13. The van der Waals surface area contributed by atoms with Crippen molar-refractivity contribution in [1.29, 1.82) is 0 Å². The Balaban J connectivity index is 1.91. The largest absolute Gasteiger partial charge is 0.294 e. The third-order valence-electron chi connectivity index (χ3n) is 5.18. The van der Waals surface area contributed by atoms with E-state index in [2.05, 4.69) is 31.9 Å². The molecule has 1 saturated carbocycles. The van der Waals surface area contributed by atoms with Crippen molar-refractivity contribution < 1.29 is 9.59 Å². The van der Waals surface area contributed by atoms with Crippen LogP contribution in [0.15, 0.2) is 48.5 Å². The average molecular weight is 478 g/mol. The summed E-state index contributed by atoms with van der Waals surface area (Å²) in [6.07, 6.45) is 1.32. The first-order valence-corrected chi connectivity index (χ1v) is 10.7. The fraction of sp³-hybridized carbons (Fsp3) is 0.364. The smallest absolute Gasteiger partial charge is 0.166 e. The van der Waals surface area contributed by atoms with E-state index < -0.39 is 0 Å². The molecule has 4 atom stereocenters. The first-order valence-electron chi connectivity index (χ1n) is 8.86. The number of carbonyl (C=O) groups is 2. The van der Waals surface area contributed by atoms with E-state index in [0.29, 0.717) is 24.0 Å². The highest BCUT2D eigenvalue weighted by Crippen LogP contribution is 2.40. The van der Waals surface area contributed by atoms with E-state index in [1.807, 2.05) is 62.4 Å². The Morgan fingerprint density at radius 1 is 0.692 bits per heavy atom. The van der Waals surface area contributed by atoms with Crippen molar-refractivity contribution >= 4 is 43.4 Å². The van der Waals surface area contributed by atoms with Crippen LogP contribution in [0.25, 0.3) is 0 Å². The molecule has 0 bridgehead atoms. The molecule has 2 nitrogen and oxygen atoms in total. The molecular weight excluding hydrogens is 456 g/mol. The third-order valence-corrected chi connectivity index (χ3v) is 7.92. The molecular formula is C22H22Br2O2. The van der Waals surface area contributed by atoms with Crippen LogP contribution in [0.2, 0.25) is 0 Å². The molecule has 0 aliphatic heterocycles. The van der Waals surface area contributed by atoms with E-state index in [-0.39, 0.29) is 33.1 Å². The highest BCUT2D eigenvalue weighted by atomic mass is 79.9. The summed E-state index contributed by atoms with van der Waals surface area (Å²) in [6.45, 7) is 4.01. The summed E-state index contributed by atoms with van der Waals surface area (Å²) in [5.74, 6) is -0.465. The lowest BCUT2D eigenvalue weighted by molar-refractivity contribution is 0.0720. The fourth-order valence-corrected chi connectivity index (χ4v) is 4.79. The number of hydrogen-bond acceptors (Lipinski definition) is 2. The standard InChI is InChI=1S/C22H22Br2O2/c1-13-3-7-15(8-4-13)21(25)17-11-19(23)20(24)12-18(17)22(26)16-9-5-14(2)6-10-16/h3-10,17-20H,11-12H2,1-2H3/t17-,18-,19+,20+/m0/s1. The highest BCUT2D eigenvalue weighted by Gasteiger charge is 2.42. The third kappa shape index (κ3) is 4.17. The lowest BCUT2D eigenvalue weighted by Gasteiger charge is -2.35. The average Bonchev–Trinajstić information content (AvgIpc) is 2.63. The molecule has 0 spiro atoms. The molecule has 0 amide bonds. The molecule has 2 aromatic carbocycles. The van der Waals surface area contributed by atoms with E-state index >= 15 is 0 Å². The highest BCUT2D eigenvalue weighted by molar-refractivity contribution is 9.12. The predicted molar refractivity (Wildman–Crippen MR) is 113 cm³/mol. The van der Waals surface area contributed by atoms with Gasteiger partial charge in [0.25, 0.3) is 0 Å². The van der Waals surface area contributed by atoms with Crippen molar-refractivity contribution in [2.75, 3.05) is 0 Å². The number of alkyl halides is 2. The molecule has 26 heavy (non-hydrogen) atoms. The summed E-state index contributed by atoms with van der Waals surface area (Å²) < 4.78 is 0. The lowest BCUT2D eigenvalue weighted by Crippen LogP contribution is -2.40. The van der Waals surface area contributed by atoms with Crippen molar-refractivity contribution in [3.05, 3.63) is 70.8 Å². The lowest BCUT2D eigenvalue weighted by atomic mass is 9.72. The zero-order valence-electron chi connectivity index (χ0n) is 14.9. The van der Waals surface area contributed by atoms with Crippen LogP contribution in [-0.2, 0) is 0 Å². The molecule has 2 aromatic rings. The van der Waals surface area contributed by atoms with Gasteiger partial charge in [-0.2, -0.15) is 0 Å². The SMILES string of the molecule is Cc1ccc(C(=O)[C@H]2C[C@@H](Br)[C@H](Br)C[C@@H]2C(=O)c2ccc(C)cc2)cc1. The van der Waals surface area contributed by atoms with Crippen LogP contribution < -0.4 is 0 Å². The maximum absolute atomic E-state index is 13.2. The molecule has 0 N–H and O–H groups in total. The summed E-state index contributed by atoms with van der Waals surface area (Å²) in [4.78, 5) is 26.7. The molecule has 1 fully saturated rings. The second-order valence-electron chi connectivity index (χ2n) is 7.18.